The third-order valence-corrected chi connectivity index (χ3v) is 4.19. The molecule has 0 bridgehead atoms. The Bertz CT molecular complexity index is 716. The number of carbonyl (C=O) groups is 2. The van der Waals surface area contributed by atoms with Crippen molar-refractivity contribution in [3.05, 3.63) is 65.7 Å². The maximum atomic E-state index is 12.0. The van der Waals surface area contributed by atoms with Crippen LogP contribution in [0, 0.1) is 0 Å². The fourth-order valence-electron chi connectivity index (χ4n) is 2.71. The van der Waals surface area contributed by atoms with E-state index in [4.69, 9.17) is 4.74 Å². The average molecular weight is 354 g/mol. The van der Waals surface area contributed by atoms with Gasteiger partial charge in [0.25, 0.3) is 0 Å². The second-order valence-corrected chi connectivity index (χ2v) is 6.09. The number of ether oxygens (including phenoxy) is 1. The Morgan fingerprint density at radius 3 is 2.42 bits per heavy atom. The summed E-state index contributed by atoms with van der Waals surface area (Å²) in [5.74, 6) is 0.717. The molecule has 0 aromatic heterocycles. The molecule has 0 spiro atoms. The van der Waals surface area contributed by atoms with Gasteiger partial charge in [0.05, 0.1) is 7.11 Å². The summed E-state index contributed by atoms with van der Waals surface area (Å²) < 4.78 is 5.33. The van der Waals surface area contributed by atoms with Crippen LogP contribution in [0.3, 0.4) is 0 Å². The first kappa shape index (κ1) is 19.5. The molecule has 0 saturated heterocycles. The van der Waals surface area contributed by atoms with Gasteiger partial charge in [-0.15, -0.1) is 0 Å². The molecule has 0 saturated carbocycles. The van der Waals surface area contributed by atoms with E-state index in [1.54, 1.807) is 12.0 Å². The molecule has 0 unspecified atom stereocenters. The fourth-order valence-corrected chi connectivity index (χ4v) is 2.71. The molecule has 0 radical (unpaired) electrons. The van der Waals surface area contributed by atoms with Crippen molar-refractivity contribution in [2.75, 3.05) is 20.2 Å². The first-order valence-corrected chi connectivity index (χ1v) is 8.78. The van der Waals surface area contributed by atoms with E-state index >= 15 is 0 Å². The maximum Gasteiger partial charge on any atom is 0.220 e. The lowest BCUT2D eigenvalue weighted by Gasteiger charge is -2.22. The first-order chi connectivity index (χ1) is 12.6. The van der Waals surface area contributed by atoms with Crippen LogP contribution in [0.1, 0.15) is 24.5 Å². The number of carbonyl (C=O) groups excluding carboxylic acids is 2. The van der Waals surface area contributed by atoms with Crippen LogP contribution in [0.4, 0.5) is 0 Å². The smallest absolute Gasteiger partial charge is 0.220 e. The van der Waals surface area contributed by atoms with Gasteiger partial charge in [0.15, 0.2) is 0 Å². The molecule has 2 amide bonds. The number of hydrogen-bond donors (Lipinski definition) is 1. The zero-order valence-corrected chi connectivity index (χ0v) is 15.4. The molecule has 0 aliphatic heterocycles. The zero-order chi connectivity index (χ0) is 18.8. The van der Waals surface area contributed by atoms with Crippen LogP contribution >= 0.6 is 0 Å². The highest BCUT2D eigenvalue weighted by Crippen LogP contribution is 2.19. The topological polar surface area (TPSA) is 58.6 Å². The van der Waals surface area contributed by atoms with Crippen LogP contribution in [-0.2, 0) is 22.6 Å². The van der Waals surface area contributed by atoms with E-state index in [9.17, 15) is 9.59 Å². The Morgan fingerprint density at radius 1 is 1.04 bits per heavy atom. The average Bonchev–Trinajstić information content (AvgIpc) is 2.66. The van der Waals surface area contributed by atoms with Crippen molar-refractivity contribution in [1.82, 2.24) is 10.2 Å². The van der Waals surface area contributed by atoms with Crippen LogP contribution in [0.25, 0.3) is 0 Å². The van der Waals surface area contributed by atoms with E-state index in [1.807, 2.05) is 54.6 Å². The highest BCUT2D eigenvalue weighted by Gasteiger charge is 2.12. The lowest BCUT2D eigenvalue weighted by molar-refractivity contribution is -0.130. The molecule has 2 aromatic carbocycles. The number of nitrogens with zero attached hydrogens (tertiary/aromatic N) is 1. The largest absolute Gasteiger partial charge is 0.496 e. The number of aryl methyl sites for hydroxylation is 1. The zero-order valence-electron chi connectivity index (χ0n) is 15.4. The predicted octanol–water partition coefficient (Wildman–Crippen LogP) is 2.79. The number of rotatable bonds is 9. The highest BCUT2D eigenvalue weighted by atomic mass is 16.5. The van der Waals surface area contributed by atoms with Crippen molar-refractivity contribution in [1.29, 1.82) is 0 Å². The first-order valence-electron chi connectivity index (χ1n) is 8.78. The summed E-state index contributed by atoms with van der Waals surface area (Å²) in [6, 6.07) is 17.5. The normalized spacial score (nSPS) is 10.2. The molecule has 138 valence electrons. The number of amides is 2. The molecule has 2 rings (SSSR count). The number of benzene rings is 2. The van der Waals surface area contributed by atoms with Gasteiger partial charge in [-0.2, -0.15) is 0 Å². The minimum atomic E-state index is -0.0329. The van der Waals surface area contributed by atoms with Crippen molar-refractivity contribution in [3.8, 4) is 5.75 Å². The summed E-state index contributed by atoms with van der Waals surface area (Å²) in [7, 11) is 1.61. The number of methoxy groups -OCH3 is 1. The monoisotopic (exact) mass is 354 g/mol. The quantitative estimate of drug-likeness (QED) is 0.753. The number of hydrogen-bond acceptors (Lipinski definition) is 3. The van der Waals surface area contributed by atoms with Crippen LogP contribution < -0.4 is 10.1 Å². The number of para-hydroxylation sites is 1. The highest BCUT2D eigenvalue weighted by molar-refractivity contribution is 5.76. The molecule has 5 nitrogen and oxygen atoms in total. The predicted molar refractivity (Wildman–Crippen MR) is 102 cm³/mol. The molecular formula is C21H26N2O3. The molecule has 0 aliphatic carbocycles. The van der Waals surface area contributed by atoms with Crippen LogP contribution in [0.2, 0.25) is 0 Å². The van der Waals surface area contributed by atoms with E-state index in [0.29, 0.717) is 32.5 Å². The molecule has 0 atom stereocenters. The van der Waals surface area contributed by atoms with Gasteiger partial charge in [0.1, 0.15) is 5.75 Å². The van der Waals surface area contributed by atoms with Gasteiger partial charge in [-0.05, 0) is 18.1 Å². The maximum absolute atomic E-state index is 12.0. The van der Waals surface area contributed by atoms with Crippen molar-refractivity contribution in [3.63, 3.8) is 0 Å². The summed E-state index contributed by atoms with van der Waals surface area (Å²) in [6.07, 6.45) is 1.15. The molecule has 2 aromatic rings. The van der Waals surface area contributed by atoms with E-state index in [2.05, 4.69) is 5.32 Å². The molecule has 0 heterocycles. The van der Waals surface area contributed by atoms with Gasteiger partial charge in [-0.1, -0.05) is 48.5 Å². The summed E-state index contributed by atoms with van der Waals surface area (Å²) in [6.45, 7) is 2.89. The molecular weight excluding hydrogens is 328 g/mol. The second-order valence-electron chi connectivity index (χ2n) is 6.09. The lowest BCUT2D eigenvalue weighted by Crippen LogP contribution is -2.37. The summed E-state index contributed by atoms with van der Waals surface area (Å²) in [4.78, 5) is 25.6. The van der Waals surface area contributed by atoms with Gasteiger partial charge in [-0.25, -0.2) is 0 Å². The van der Waals surface area contributed by atoms with Crippen LogP contribution in [0.15, 0.2) is 54.6 Å². The van der Waals surface area contributed by atoms with E-state index in [0.717, 1.165) is 16.9 Å². The van der Waals surface area contributed by atoms with E-state index in [1.165, 1.54) is 6.92 Å². The van der Waals surface area contributed by atoms with Crippen LogP contribution in [0.5, 0.6) is 5.75 Å². The SMILES string of the molecule is COc1ccccc1CN(CCNC(=O)CCc1ccccc1)C(C)=O. The standard InChI is InChI=1S/C21H26N2O3/c1-17(24)23(16-19-10-6-7-11-20(19)26-2)15-14-22-21(25)13-12-18-8-4-3-5-9-18/h3-11H,12-16H2,1-2H3,(H,22,25). The molecule has 5 heteroatoms. The fraction of sp³-hybridized carbons (Fsp3) is 0.333. The Morgan fingerprint density at radius 2 is 1.73 bits per heavy atom. The van der Waals surface area contributed by atoms with E-state index in [-0.39, 0.29) is 11.8 Å². The van der Waals surface area contributed by atoms with Crippen molar-refractivity contribution >= 4 is 11.8 Å². The second kappa shape index (κ2) is 10.2. The van der Waals surface area contributed by atoms with Gasteiger partial charge in [0, 0.05) is 38.5 Å². The lowest BCUT2D eigenvalue weighted by atomic mass is 10.1. The third kappa shape index (κ3) is 6.24. The Labute approximate surface area is 155 Å². The van der Waals surface area contributed by atoms with Crippen molar-refractivity contribution < 1.29 is 14.3 Å². The van der Waals surface area contributed by atoms with E-state index < -0.39 is 0 Å². The Kier molecular flexibility index (Phi) is 7.68. The minimum Gasteiger partial charge on any atom is -0.496 e. The van der Waals surface area contributed by atoms with Crippen molar-refractivity contribution in [2.45, 2.75) is 26.3 Å². The number of nitrogens with one attached hydrogen (secondary N) is 1. The molecule has 0 fully saturated rings. The molecule has 0 aliphatic rings. The van der Waals surface area contributed by atoms with Crippen molar-refractivity contribution in [2.24, 2.45) is 0 Å². The van der Waals surface area contributed by atoms with Crippen LogP contribution in [-0.4, -0.2) is 36.9 Å². The van der Waals surface area contributed by atoms with Gasteiger partial charge in [0.2, 0.25) is 11.8 Å². The summed E-state index contributed by atoms with van der Waals surface area (Å²) >= 11 is 0. The molecule has 26 heavy (non-hydrogen) atoms. The van der Waals surface area contributed by atoms with Gasteiger partial charge < -0.3 is 15.0 Å². The van der Waals surface area contributed by atoms with Gasteiger partial charge in [-0.3, -0.25) is 9.59 Å². The molecule has 1 N–H and O–H groups in total. The third-order valence-electron chi connectivity index (χ3n) is 4.19. The van der Waals surface area contributed by atoms with Gasteiger partial charge >= 0.3 is 0 Å². The summed E-state index contributed by atoms with van der Waals surface area (Å²) in [5, 5.41) is 2.89. The summed E-state index contributed by atoms with van der Waals surface area (Å²) in [5.41, 5.74) is 2.09. The Balaban J connectivity index is 1.79. The minimum absolute atomic E-state index is 0.00496. The Hall–Kier alpha value is -2.82.